The molecule has 0 spiro atoms. The Morgan fingerprint density at radius 3 is 2.15 bits per heavy atom. The molecule has 0 heterocycles. The lowest BCUT2D eigenvalue weighted by Crippen LogP contribution is -2.39. The molecule has 0 unspecified atom stereocenters. The molecule has 0 aromatic heterocycles. The zero-order valence-electron chi connectivity index (χ0n) is 21.7. The van der Waals surface area contributed by atoms with Crippen LogP contribution in [0.1, 0.15) is 12.5 Å². The van der Waals surface area contributed by atoms with Crippen LogP contribution in [0.4, 0.5) is 5.69 Å². The van der Waals surface area contributed by atoms with E-state index >= 15 is 0 Å². The lowest BCUT2D eigenvalue weighted by atomic mass is 10.2. The Balaban J connectivity index is 1.73. The van der Waals surface area contributed by atoms with Crippen molar-refractivity contribution in [1.82, 2.24) is 5.43 Å². The molecule has 1 N–H and O–H groups in total. The highest BCUT2D eigenvalue weighted by Crippen LogP contribution is 2.27. The Morgan fingerprint density at radius 1 is 0.949 bits per heavy atom. The highest BCUT2D eigenvalue weighted by molar-refractivity contribution is 7.98. The third kappa shape index (κ3) is 8.48. The fourth-order valence-corrected chi connectivity index (χ4v) is 5.09. The van der Waals surface area contributed by atoms with E-state index in [9.17, 15) is 18.0 Å². The third-order valence-corrected chi connectivity index (χ3v) is 7.77. The van der Waals surface area contributed by atoms with Crippen molar-refractivity contribution in [3.8, 4) is 11.5 Å². The van der Waals surface area contributed by atoms with E-state index < -0.39 is 28.4 Å². The molecule has 0 aliphatic rings. The number of rotatable bonds is 13. The molecule has 0 fully saturated rings. The summed E-state index contributed by atoms with van der Waals surface area (Å²) in [4.78, 5) is 24.9. The zero-order valence-corrected chi connectivity index (χ0v) is 23.3. The standard InChI is InChI=1S/C27H29N3O7S2/c1-4-36-22-11-7-21(8-12-22)30(39(33,34)25-15-13-24(38-3)14-16-25)18-26(31)29-28-17-20-5-9-23(10-6-20)37-19-27(32)35-2/h5-17H,4,18-19H2,1-3H3,(H,29,31)/b28-17-. The van der Waals surface area contributed by atoms with Crippen LogP contribution in [0, 0.1) is 0 Å². The second kappa shape index (κ2) is 14.2. The van der Waals surface area contributed by atoms with Gasteiger partial charge in [0.05, 0.1) is 30.5 Å². The van der Waals surface area contributed by atoms with Crippen molar-refractivity contribution in [2.75, 3.05) is 37.4 Å². The summed E-state index contributed by atoms with van der Waals surface area (Å²) in [6.07, 6.45) is 3.30. The van der Waals surface area contributed by atoms with Gasteiger partial charge >= 0.3 is 5.97 Å². The second-order valence-electron chi connectivity index (χ2n) is 7.84. The minimum absolute atomic E-state index is 0.0555. The highest BCUT2D eigenvalue weighted by atomic mass is 32.2. The smallest absolute Gasteiger partial charge is 0.343 e. The van der Waals surface area contributed by atoms with Gasteiger partial charge in [0.2, 0.25) is 0 Å². The molecule has 39 heavy (non-hydrogen) atoms. The summed E-state index contributed by atoms with van der Waals surface area (Å²) in [5.74, 6) is -0.0915. The van der Waals surface area contributed by atoms with E-state index in [1.807, 2.05) is 13.2 Å². The molecule has 0 saturated heterocycles. The van der Waals surface area contributed by atoms with E-state index in [1.165, 1.54) is 37.2 Å². The minimum Gasteiger partial charge on any atom is -0.494 e. The molecule has 0 aliphatic heterocycles. The first-order chi connectivity index (χ1) is 18.8. The van der Waals surface area contributed by atoms with Gasteiger partial charge in [0.15, 0.2) is 6.61 Å². The maximum atomic E-state index is 13.5. The third-order valence-electron chi connectivity index (χ3n) is 5.24. The predicted molar refractivity (Wildman–Crippen MR) is 150 cm³/mol. The molecule has 3 aromatic carbocycles. The number of carbonyl (C=O) groups excluding carboxylic acids is 2. The molecule has 3 rings (SSSR count). The van der Waals surface area contributed by atoms with Gasteiger partial charge in [-0.1, -0.05) is 0 Å². The number of anilines is 1. The maximum Gasteiger partial charge on any atom is 0.343 e. The zero-order chi connectivity index (χ0) is 28.3. The summed E-state index contributed by atoms with van der Waals surface area (Å²) in [6.45, 7) is 1.60. The van der Waals surface area contributed by atoms with Gasteiger partial charge in [0.25, 0.3) is 15.9 Å². The number of thioether (sulfide) groups is 1. The molecule has 206 valence electrons. The monoisotopic (exact) mass is 571 g/mol. The topological polar surface area (TPSA) is 124 Å². The summed E-state index contributed by atoms with van der Waals surface area (Å²) in [5.41, 5.74) is 3.32. The van der Waals surface area contributed by atoms with Crippen molar-refractivity contribution in [2.45, 2.75) is 16.7 Å². The molecule has 3 aromatic rings. The summed E-state index contributed by atoms with van der Waals surface area (Å²) in [6, 6.07) is 19.5. The Hall–Kier alpha value is -4.03. The van der Waals surface area contributed by atoms with E-state index in [0.717, 1.165) is 9.20 Å². The van der Waals surface area contributed by atoms with Gasteiger partial charge in [-0.05, 0) is 91.5 Å². The number of benzene rings is 3. The Labute approximate surface area is 232 Å². The Kier molecular flexibility index (Phi) is 10.8. The molecule has 0 bridgehead atoms. The molecule has 0 radical (unpaired) electrons. The van der Waals surface area contributed by atoms with Crippen LogP contribution >= 0.6 is 11.8 Å². The highest BCUT2D eigenvalue weighted by Gasteiger charge is 2.27. The number of esters is 1. The molecule has 10 nitrogen and oxygen atoms in total. The molecular formula is C27H29N3O7S2. The first-order valence-corrected chi connectivity index (χ1v) is 14.4. The number of methoxy groups -OCH3 is 1. The molecule has 0 atom stereocenters. The van der Waals surface area contributed by atoms with Crippen molar-refractivity contribution in [3.63, 3.8) is 0 Å². The molecular weight excluding hydrogens is 542 g/mol. The number of ether oxygens (including phenoxy) is 3. The van der Waals surface area contributed by atoms with E-state index in [-0.39, 0.29) is 11.5 Å². The molecule has 0 saturated carbocycles. The van der Waals surface area contributed by atoms with Crippen LogP contribution in [0.5, 0.6) is 11.5 Å². The lowest BCUT2D eigenvalue weighted by Gasteiger charge is -2.24. The van der Waals surface area contributed by atoms with Gasteiger partial charge in [-0.25, -0.2) is 18.6 Å². The predicted octanol–water partition coefficient (Wildman–Crippen LogP) is 3.70. The van der Waals surface area contributed by atoms with Crippen molar-refractivity contribution >= 4 is 45.6 Å². The number of hydrazone groups is 1. The number of carbonyl (C=O) groups is 2. The number of sulfonamides is 1. The van der Waals surface area contributed by atoms with Gasteiger partial charge < -0.3 is 14.2 Å². The van der Waals surface area contributed by atoms with Gasteiger partial charge in [-0.3, -0.25) is 9.10 Å². The molecule has 1 amide bonds. The van der Waals surface area contributed by atoms with E-state index in [0.29, 0.717) is 29.4 Å². The Morgan fingerprint density at radius 2 is 1.56 bits per heavy atom. The van der Waals surface area contributed by atoms with Crippen LogP contribution in [-0.2, 0) is 24.3 Å². The van der Waals surface area contributed by atoms with Crippen LogP contribution in [0.2, 0.25) is 0 Å². The Bertz CT molecular complexity index is 1380. The number of hydrogen-bond acceptors (Lipinski definition) is 9. The maximum absolute atomic E-state index is 13.5. The number of nitrogens with one attached hydrogen (secondary N) is 1. The molecule has 0 aliphatic carbocycles. The number of nitrogens with zero attached hydrogens (tertiary/aromatic N) is 2. The summed E-state index contributed by atoms with van der Waals surface area (Å²) in [7, 11) is -2.80. The largest absolute Gasteiger partial charge is 0.494 e. The first-order valence-electron chi connectivity index (χ1n) is 11.8. The van der Waals surface area contributed by atoms with E-state index in [4.69, 9.17) is 9.47 Å². The average molecular weight is 572 g/mol. The van der Waals surface area contributed by atoms with Crippen LogP contribution in [0.3, 0.4) is 0 Å². The SMILES string of the molecule is CCOc1ccc(N(CC(=O)N/N=C\c2ccc(OCC(=O)OC)cc2)S(=O)(=O)c2ccc(SC)cc2)cc1. The minimum atomic E-state index is -4.07. The van der Waals surface area contributed by atoms with E-state index in [2.05, 4.69) is 15.3 Å². The van der Waals surface area contributed by atoms with Gasteiger partial charge in [0.1, 0.15) is 18.0 Å². The summed E-state index contributed by atoms with van der Waals surface area (Å²) >= 11 is 1.49. The number of amides is 1. The van der Waals surface area contributed by atoms with Crippen LogP contribution in [0.25, 0.3) is 0 Å². The first kappa shape index (κ1) is 29.5. The molecule has 12 heteroatoms. The number of hydrogen-bond donors (Lipinski definition) is 1. The quantitative estimate of drug-likeness (QED) is 0.143. The van der Waals surface area contributed by atoms with Crippen LogP contribution in [0.15, 0.2) is 87.7 Å². The fraction of sp³-hybridized carbons (Fsp3) is 0.222. The second-order valence-corrected chi connectivity index (χ2v) is 10.6. The van der Waals surface area contributed by atoms with Gasteiger partial charge in [-0.2, -0.15) is 5.10 Å². The van der Waals surface area contributed by atoms with Crippen molar-refractivity contribution < 1.29 is 32.2 Å². The van der Waals surface area contributed by atoms with Gasteiger partial charge in [-0.15, -0.1) is 11.8 Å². The van der Waals surface area contributed by atoms with Crippen LogP contribution in [-0.4, -0.2) is 59.6 Å². The summed E-state index contributed by atoms with van der Waals surface area (Å²) in [5, 5.41) is 3.94. The average Bonchev–Trinajstić information content (AvgIpc) is 2.96. The van der Waals surface area contributed by atoms with Crippen molar-refractivity contribution in [1.29, 1.82) is 0 Å². The normalized spacial score (nSPS) is 11.2. The van der Waals surface area contributed by atoms with Crippen molar-refractivity contribution in [2.24, 2.45) is 5.10 Å². The fourth-order valence-electron chi connectivity index (χ4n) is 3.26. The van der Waals surface area contributed by atoms with E-state index in [1.54, 1.807) is 60.7 Å². The van der Waals surface area contributed by atoms with Crippen LogP contribution < -0.4 is 19.2 Å². The summed E-state index contributed by atoms with van der Waals surface area (Å²) < 4.78 is 43.4. The van der Waals surface area contributed by atoms with Gasteiger partial charge in [0, 0.05) is 4.90 Å². The lowest BCUT2D eigenvalue weighted by molar-refractivity contribution is -0.142. The van der Waals surface area contributed by atoms with Crippen molar-refractivity contribution in [3.05, 3.63) is 78.4 Å².